The second-order valence-corrected chi connectivity index (χ2v) is 10.1. The summed E-state index contributed by atoms with van der Waals surface area (Å²) < 4.78 is 40.6. The van der Waals surface area contributed by atoms with Crippen LogP contribution in [-0.2, 0) is 25.0 Å². The van der Waals surface area contributed by atoms with E-state index >= 15 is 0 Å². The molecule has 0 saturated carbocycles. The molecule has 0 aliphatic rings. The van der Waals surface area contributed by atoms with Gasteiger partial charge in [0.2, 0.25) is 0 Å². The lowest BCUT2D eigenvalue weighted by molar-refractivity contribution is -0.00516. The van der Waals surface area contributed by atoms with Gasteiger partial charge in [0, 0.05) is 7.11 Å². The molecule has 1 N–H and O–H groups in total. The maximum Gasteiger partial charge on any atom is 0.472 e. The Labute approximate surface area is 199 Å². The number of hydrogen-bond donors (Lipinski definition) is 1. The zero-order valence-corrected chi connectivity index (χ0v) is 21.2. The van der Waals surface area contributed by atoms with E-state index in [0.29, 0.717) is 12.0 Å². The van der Waals surface area contributed by atoms with Crippen LogP contribution in [0.4, 0.5) is 4.39 Å². The van der Waals surface area contributed by atoms with Crippen LogP contribution in [-0.4, -0.2) is 24.7 Å². The molecule has 1 aromatic rings. The third-order valence-corrected chi connectivity index (χ3v) is 6.54. The minimum absolute atomic E-state index is 0.0848. The zero-order chi connectivity index (χ0) is 24.4. The molecule has 1 unspecified atom stereocenters. The van der Waals surface area contributed by atoms with Crippen molar-refractivity contribution >= 4 is 7.82 Å². The summed E-state index contributed by atoms with van der Waals surface area (Å²) in [5.41, 5.74) is 0.756. The Morgan fingerprint density at radius 3 is 2.12 bits per heavy atom. The normalized spacial score (nSPS) is 14.0. The van der Waals surface area contributed by atoms with Crippen molar-refractivity contribution in [1.29, 1.82) is 5.26 Å². The molecule has 1 rings (SSSR count). The molecule has 0 radical (unpaired) electrons. The molecule has 0 aliphatic heterocycles. The molecule has 0 amide bonds. The van der Waals surface area contributed by atoms with Crippen molar-refractivity contribution in [2.45, 2.75) is 103 Å². The SMILES string of the molecule is CCCCCCCCCCCCCC[C@@H](COP(=O)(O)OC)OCc1cc(F)cc(C#N)c1. The van der Waals surface area contributed by atoms with Crippen molar-refractivity contribution in [3.8, 4) is 6.07 Å². The van der Waals surface area contributed by atoms with Crippen LogP contribution in [0.3, 0.4) is 0 Å². The van der Waals surface area contributed by atoms with Crippen LogP contribution in [0.25, 0.3) is 0 Å². The fourth-order valence-electron chi connectivity index (χ4n) is 3.67. The molecule has 0 bridgehead atoms. The second kappa shape index (κ2) is 18.1. The van der Waals surface area contributed by atoms with E-state index in [4.69, 9.17) is 14.5 Å². The monoisotopic (exact) mass is 485 g/mol. The third-order valence-electron chi connectivity index (χ3n) is 5.61. The zero-order valence-electron chi connectivity index (χ0n) is 20.3. The van der Waals surface area contributed by atoms with E-state index in [9.17, 15) is 13.8 Å². The van der Waals surface area contributed by atoms with Crippen molar-refractivity contribution in [3.05, 3.63) is 35.1 Å². The number of halogens is 1. The van der Waals surface area contributed by atoms with Gasteiger partial charge in [-0.3, -0.25) is 9.05 Å². The largest absolute Gasteiger partial charge is 0.472 e. The lowest BCUT2D eigenvalue weighted by Crippen LogP contribution is -2.19. The fourth-order valence-corrected chi connectivity index (χ4v) is 4.13. The highest BCUT2D eigenvalue weighted by molar-refractivity contribution is 7.47. The smallest absolute Gasteiger partial charge is 0.371 e. The quantitative estimate of drug-likeness (QED) is 0.152. The predicted octanol–water partition coefficient (Wildman–Crippen LogP) is 7.44. The summed E-state index contributed by atoms with van der Waals surface area (Å²) in [5.74, 6) is -0.499. The van der Waals surface area contributed by atoms with Crippen LogP contribution >= 0.6 is 7.82 Å². The van der Waals surface area contributed by atoms with E-state index in [1.807, 2.05) is 6.07 Å². The fraction of sp³-hybridized carbons (Fsp3) is 0.720. The molecule has 1 aromatic carbocycles. The molecule has 0 spiro atoms. The Hall–Kier alpha value is -1.29. The molecular formula is C25H41FNO5P. The van der Waals surface area contributed by atoms with Crippen molar-refractivity contribution in [2.75, 3.05) is 13.7 Å². The number of ether oxygens (including phenoxy) is 1. The number of hydrogen-bond acceptors (Lipinski definition) is 5. The first-order chi connectivity index (χ1) is 15.9. The van der Waals surface area contributed by atoms with Gasteiger partial charge in [-0.25, -0.2) is 8.96 Å². The summed E-state index contributed by atoms with van der Waals surface area (Å²) in [6.45, 7) is 2.23. The topological polar surface area (TPSA) is 88.8 Å². The minimum Gasteiger partial charge on any atom is -0.371 e. The highest BCUT2D eigenvalue weighted by atomic mass is 31.2. The van der Waals surface area contributed by atoms with Crippen LogP contribution in [0.1, 0.15) is 102 Å². The van der Waals surface area contributed by atoms with E-state index in [-0.39, 0.29) is 18.8 Å². The molecule has 0 aliphatic carbocycles. The van der Waals surface area contributed by atoms with Crippen molar-refractivity contribution < 1.29 is 27.6 Å². The number of nitrogens with zero attached hydrogens (tertiary/aromatic N) is 1. The number of rotatable bonds is 20. The molecule has 0 aromatic heterocycles. The van der Waals surface area contributed by atoms with Gasteiger partial charge in [0.15, 0.2) is 0 Å². The molecule has 2 atom stereocenters. The summed E-state index contributed by atoms with van der Waals surface area (Å²) >= 11 is 0. The van der Waals surface area contributed by atoms with E-state index in [2.05, 4.69) is 11.4 Å². The third kappa shape index (κ3) is 15.3. The van der Waals surface area contributed by atoms with E-state index in [1.165, 1.54) is 63.9 Å². The average molecular weight is 486 g/mol. The van der Waals surface area contributed by atoms with Crippen molar-refractivity contribution in [2.24, 2.45) is 0 Å². The number of nitriles is 1. The van der Waals surface area contributed by atoms with Gasteiger partial charge in [-0.05, 0) is 30.2 Å². The van der Waals surface area contributed by atoms with Gasteiger partial charge in [-0.15, -0.1) is 0 Å². The van der Waals surface area contributed by atoms with Crippen LogP contribution in [0, 0.1) is 17.1 Å². The highest BCUT2D eigenvalue weighted by Gasteiger charge is 2.22. The summed E-state index contributed by atoms with van der Waals surface area (Å²) in [6, 6.07) is 5.96. The summed E-state index contributed by atoms with van der Waals surface area (Å²) in [6.07, 6.45) is 15.1. The Morgan fingerprint density at radius 2 is 1.58 bits per heavy atom. The first-order valence-electron chi connectivity index (χ1n) is 12.2. The van der Waals surface area contributed by atoms with E-state index in [1.54, 1.807) is 6.07 Å². The number of benzene rings is 1. The predicted molar refractivity (Wildman–Crippen MR) is 128 cm³/mol. The molecule has 188 valence electrons. The molecule has 0 heterocycles. The van der Waals surface area contributed by atoms with Gasteiger partial charge < -0.3 is 9.63 Å². The van der Waals surface area contributed by atoms with Crippen molar-refractivity contribution in [3.63, 3.8) is 0 Å². The molecule has 0 saturated heterocycles. The molecule has 33 heavy (non-hydrogen) atoms. The number of phosphoric acid groups is 1. The van der Waals surface area contributed by atoms with Gasteiger partial charge in [-0.2, -0.15) is 5.26 Å². The Bertz CT molecular complexity index is 740. The first-order valence-corrected chi connectivity index (χ1v) is 13.7. The van der Waals surface area contributed by atoms with Gasteiger partial charge in [0.25, 0.3) is 0 Å². The summed E-state index contributed by atoms with van der Waals surface area (Å²) in [5, 5.41) is 8.99. The Kier molecular flexibility index (Phi) is 16.3. The molecule has 8 heteroatoms. The standard InChI is InChI=1S/C25H41FNO5P/c1-3-4-5-6-7-8-9-10-11-12-13-14-15-25(21-32-33(28,29)30-2)31-20-23-16-22(19-27)17-24(26)18-23/h16-18,25H,3-15,20-21H2,1-2H3,(H,28,29)/t25-/m0/s1. The second-order valence-electron chi connectivity index (χ2n) is 8.52. The van der Waals surface area contributed by atoms with Crippen LogP contribution in [0.5, 0.6) is 0 Å². The molecule has 0 fully saturated rings. The van der Waals surface area contributed by atoms with E-state index in [0.717, 1.165) is 32.4 Å². The lowest BCUT2D eigenvalue weighted by atomic mass is 10.0. The summed E-state index contributed by atoms with van der Waals surface area (Å²) in [4.78, 5) is 9.50. The van der Waals surface area contributed by atoms with Crippen LogP contribution in [0.2, 0.25) is 0 Å². The molecule has 6 nitrogen and oxygen atoms in total. The summed E-state index contributed by atoms with van der Waals surface area (Å²) in [7, 11) is -2.99. The number of unbranched alkanes of at least 4 members (excludes halogenated alkanes) is 11. The Morgan fingerprint density at radius 1 is 1.00 bits per heavy atom. The first kappa shape index (κ1) is 29.7. The Balaban J connectivity index is 2.33. The maximum absolute atomic E-state index is 13.6. The minimum atomic E-state index is -4.10. The van der Waals surface area contributed by atoms with Gasteiger partial charge in [0.05, 0.1) is 31.0 Å². The van der Waals surface area contributed by atoms with Gasteiger partial charge in [0.1, 0.15) is 5.82 Å². The van der Waals surface area contributed by atoms with E-state index < -0.39 is 19.7 Å². The van der Waals surface area contributed by atoms with Gasteiger partial charge in [-0.1, -0.05) is 84.0 Å². The van der Waals surface area contributed by atoms with Gasteiger partial charge >= 0.3 is 7.82 Å². The lowest BCUT2D eigenvalue weighted by Gasteiger charge is -2.19. The highest BCUT2D eigenvalue weighted by Crippen LogP contribution is 2.42. The molecular weight excluding hydrogens is 444 g/mol. The van der Waals surface area contributed by atoms with Crippen LogP contribution in [0.15, 0.2) is 18.2 Å². The van der Waals surface area contributed by atoms with Crippen molar-refractivity contribution in [1.82, 2.24) is 0 Å². The maximum atomic E-state index is 13.6. The van der Waals surface area contributed by atoms with Crippen LogP contribution < -0.4 is 0 Å². The average Bonchev–Trinajstić information content (AvgIpc) is 2.80. The number of phosphoric ester groups is 1.